The van der Waals surface area contributed by atoms with E-state index in [1.54, 1.807) is 24.3 Å². The van der Waals surface area contributed by atoms with Crippen LogP contribution < -0.4 is 15.8 Å². The Morgan fingerprint density at radius 1 is 0.971 bits per heavy atom. The average Bonchev–Trinajstić information content (AvgIpc) is 3.20. The summed E-state index contributed by atoms with van der Waals surface area (Å²) < 4.78 is 35.5. The lowest BCUT2D eigenvalue weighted by atomic mass is 10.1. The molecule has 5 aromatic rings. The van der Waals surface area contributed by atoms with Crippen LogP contribution in [-0.4, -0.2) is 33.4 Å². The van der Waals surface area contributed by atoms with Crippen molar-refractivity contribution in [2.45, 2.75) is 6.42 Å². The molecule has 9 heteroatoms. The second kappa shape index (κ2) is 9.38. The van der Waals surface area contributed by atoms with Crippen LogP contribution in [0.15, 0.2) is 72.8 Å². The van der Waals surface area contributed by atoms with Crippen LogP contribution in [0.1, 0.15) is 5.56 Å². The van der Waals surface area contributed by atoms with E-state index in [1.165, 1.54) is 30.0 Å². The van der Waals surface area contributed by atoms with Crippen molar-refractivity contribution in [2.24, 2.45) is 0 Å². The minimum Gasteiger partial charge on any atom is -0.497 e. The molecule has 0 saturated carbocycles. The van der Waals surface area contributed by atoms with Gasteiger partial charge in [0.1, 0.15) is 23.2 Å². The van der Waals surface area contributed by atoms with Gasteiger partial charge in [-0.2, -0.15) is 4.98 Å². The van der Waals surface area contributed by atoms with Gasteiger partial charge in [0, 0.05) is 18.2 Å². The van der Waals surface area contributed by atoms with Gasteiger partial charge in [0.2, 0.25) is 5.95 Å². The topological polar surface area (TPSA) is 90.9 Å². The van der Waals surface area contributed by atoms with E-state index >= 15 is 4.39 Å². The smallest absolute Gasteiger partial charge is 0.225 e. The van der Waals surface area contributed by atoms with Crippen LogP contribution in [0.5, 0.6) is 5.75 Å². The first-order chi connectivity index (χ1) is 17.0. The lowest BCUT2D eigenvalue weighted by molar-refractivity contribution is 0.411. The summed E-state index contributed by atoms with van der Waals surface area (Å²) >= 11 is 0. The maximum Gasteiger partial charge on any atom is 0.225 e. The van der Waals surface area contributed by atoms with Gasteiger partial charge in [0.05, 0.1) is 23.9 Å². The van der Waals surface area contributed by atoms with Crippen molar-refractivity contribution in [3.05, 3.63) is 90.0 Å². The van der Waals surface area contributed by atoms with E-state index < -0.39 is 11.6 Å². The molecule has 7 nitrogen and oxygen atoms in total. The van der Waals surface area contributed by atoms with E-state index in [0.717, 1.165) is 12.0 Å². The highest BCUT2D eigenvalue weighted by molar-refractivity contribution is 5.99. The fourth-order valence-corrected chi connectivity index (χ4v) is 3.87. The number of methoxy groups -OCH3 is 1. The fourth-order valence-electron chi connectivity index (χ4n) is 3.87. The number of nitrogens with two attached hydrogens (primary N) is 1. The number of nitrogens with one attached hydrogen (secondary N) is 1. The molecule has 0 aliphatic heterocycles. The molecule has 3 aromatic carbocycles. The summed E-state index contributed by atoms with van der Waals surface area (Å²) in [6.07, 6.45) is 0.744. The van der Waals surface area contributed by atoms with E-state index in [-0.39, 0.29) is 28.7 Å². The molecule has 0 aliphatic carbocycles. The van der Waals surface area contributed by atoms with E-state index in [0.29, 0.717) is 23.4 Å². The van der Waals surface area contributed by atoms with Crippen LogP contribution in [0, 0.1) is 11.6 Å². The molecule has 0 saturated heterocycles. The zero-order chi connectivity index (χ0) is 24.4. The number of hydrogen-bond acceptors (Lipinski definition) is 6. The lowest BCUT2D eigenvalue weighted by Crippen LogP contribution is -2.09. The number of fused-ring (bicyclic) bond motifs is 1. The molecule has 3 N–H and O–H groups in total. The Bertz CT molecular complexity index is 1500. The van der Waals surface area contributed by atoms with Crippen LogP contribution in [-0.2, 0) is 6.42 Å². The lowest BCUT2D eigenvalue weighted by Gasteiger charge is -2.10. The summed E-state index contributed by atoms with van der Waals surface area (Å²) in [5.41, 5.74) is 8.75. The Morgan fingerprint density at radius 2 is 1.80 bits per heavy atom. The van der Waals surface area contributed by atoms with Gasteiger partial charge in [-0.1, -0.05) is 36.4 Å². The highest BCUT2D eigenvalue weighted by Crippen LogP contribution is 2.35. The number of hydrogen-bond donors (Lipinski definition) is 2. The van der Waals surface area contributed by atoms with Crippen molar-refractivity contribution in [3.8, 4) is 22.7 Å². The SMILES string of the molecule is COc1ccc(-c2nc(NCCc3ccccc3)nc3nn(-c4cccc(F)c4)c(N)c23)c(F)c1. The molecule has 0 unspecified atom stereocenters. The number of nitrogens with zero attached hydrogens (tertiary/aromatic N) is 4. The predicted octanol–water partition coefficient (Wildman–Crippen LogP) is 5.01. The van der Waals surface area contributed by atoms with E-state index in [4.69, 9.17) is 10.5 Å². The largest absolute Gasteiger partial charge is 0.497 e. The highest BCUT2D eigenvalue weighted by Gasteiger charge is 2.21. The first-order valence-electron chi connectivity index (χ1n) is 11.0. The minimum atomic E-state index is -0.530. The first kappa shape index (κ1) is 22.3. The Morgan fingerprint density at radius 3 is 2.54 bits per heavy atom. The molecular formula is C26H22F2N6O. The van der Waals surface area contributed by atoms with Gasteiger partial charge in [0.25, 0.3) is 0 Å². The fraction of sp³-hybridized carbons (Fsp3) is 0.115. The molecule has 0 radical (unpaired) electrons. The maximum absolute atomic E-state index is 15.1. The Balaban J connectivity index is 1.61. The monoisotopic (exact) mass is 472 g/mol. The van der Waals surface area contributed by atoms with Crippen molar-refractivity contribution < 1.29 is 13.5 Å². The van der Waals surface area contributed by atoms with E-state index in [2.05, 4.69) is 20.4 Å². The quantitative estimate of drug-likeness (QED) is 0.346. The summed E-state index contributed by atoms with van der Waals surface area (Å²) in [5.74, 6) is -0.134. The Labute approximate surface area is 200 Å². The number of halogens is 2. The standard InChI is InChI=1S/C26H22F2N6O/c1-35-19-10-11-20(21(28)15-19)23-22-24(29)34(18-9-5-8-17(27)14-18)33-25(22)32-26(31-23)30-13-12-16-6-3-2-4-7-16/h2-11,14-15H,12-13,29H2,1H3,(H,30,32,33). The van der Waals surface area contributed by atoms with E-state index in [9.17, 15) is 4.39 Å². The van der Waals surface area contributed by atoms with Gasteiger partial charge in [0.15, 0.2) is 5.65 Å². The highest BCUT2D eigenvalue weighted by atomic mass is 19.1. The normalized spacial score (nSPS) is 11.1. The predicted molar refractivity (Wildman–Crippen MR) is 132 cm³/mol. The molecule has 176 valence electrons. The molecule has 0 atom stereocenters. The van der Waals surface area contributed by atoms with Gasteiger partial charge < -0.3 is 15.8 Å². The van der Waals surface area contributed by atoms with Gasteiger partial charge in [-0.25, -0.2) is 18.4 Å². The average molecular weight is 472 g/mol. The van der Waals surface area contributed by atoms with Crippen LogP contribution in [0.25, 0.3) is 28.0 Å². The number of nitrogen functional groups attached to an aromatic ring is 1. The summed E-state index contributed by atoms with van der Waals surface area (Å²) in [6, 6.07) is 20.3. The molecule has 0 aliphatic rings. The van der Waals surface area contributed by atoms with Gasteiger partial charge in [-0.3, -0.25) is 0 Å². The number of anilines is 2. The number of benzene rings is 3. The van der Waals surface area contributed by atoms with Crippen molar-refractivity contribution in [1.82, 2.24) is 19.7 Å². The third kappa shape index (κ3) is 4.48. The molecule has 0 fully saturated rings. The van der Waals surface area contributed by atoms with Crippen LogP contribution in [0.4, 0.5) is 20.5 Å². The van der Waals surface area contributed by atoms with Crippen molar-refractivity contribution in [3.63, 3.8) is 0 Å². The molecule has 0 spiro atoms. The summed E-state index contributed by atoms with van der Waals surface area (Å²) in [6.45, 7) is 0.556. The molecule has 2 aromatic heterocycles. The summed E-state index contributed by atoms with van der Waals surface area (Å²) in [4.78, 5) is 9.10. The summed E-state index contributed by atoms with van der Waals surface area (Å²) in [5, 5.41) is 8.05. The second-order valence-electron chi connectivity index (χ2n) is 7.88. The van der Waals surface area contributed by atoms with Gasteiger partial charge >= 0.3 is 0 Å². The van der Waals surface area contributed by atoms with Crippen LogP contribution in [0.3, 0.4) is 0 Å². The summed E-state index contributed by atoms with van der Waals surface area (Å²) in [7, 11) is 1.47. The van der Waals surface area contributed by atoms with E-state index in [1.807, 2.05) is 30.3 Å². The van der Waals surface area contributed by atoms with Crippen molar-refractivity contribution in [2.75, 3.05) is 24.7 Å². The number of ether oxygens (including phenoxy) is 1. The molecule has 0 bridgehead atoms. The molecule has 2 heterocycles. The van der Waals surface area contributed by atoms with Crippen molar-refractivity contribution >= 4 is 22.8 Å². The Kier molecular flexibility index (Phi) is 5.97. The van der Waals surface area contributed by atoms with Crippen molar-refractivity contribution in [1.29, 1.82) is 0 Å². The molecular weight excluding hydrogens is 450 g/mol. The second-order valence-corrected chi connectivity index (χ2v) is 7.88. The first-order valence-corrected chi connectivity index (χ1v) is 11.0. The molecule has 5 rings (SSSR count). The zero-order valence-corrected chi connectivity index (χ0v) is 18.9. The number of aromatic nitrogens is 4. The van der Waals surface area contributed by atoms with Crippen LogP contribution >= 0.6 is 0 Å². The molecule has 0 amide bonds. The third-order valence-corrected chi connectivity index (χ3v) is 5.59. The maximum atomic E-state index is 15.1. The van der Waals surface area contributed by atoms with Crippen LogP contribution in [0.2, 0.25) is 0 Å². The zero-order valence-electron chi connectivity index (χ0n) is 18.9. The number of rotatable bonds is 7. The third-order valence-electron chi connectivity index (χ3n) is 5.59. The van der Waals surface area contributed by atoms with Gasteiger partial charge in [-0.05, 0) is 42.3 Å². The minimum absolute atomic E-state index is 0.173. The van der Waals surface area contributed by atoms with Gasteiger partial charge in [-0.15, -0.1) is 5.10 Å². The molecule has 35 heavy (non-hydrogen) atoms. The Hall–Kier alpha value is -4.53.